The Kier molecular flexibility index (Phi) is 6.08. The molecule has 0 amide bonds. The van der Waals surface area contributed by atoms with Crippen LogP contribution in [0.1, 0.15) is 39.0 Å². The Morgan fingerprint density at radius 1 is 1.42 bits per heavy atom. The first-order valence-electron chi connectivity index (χ1n) is 4.26. The largest absolute Gasteiger partial charge is 0.481 e. The van der Waals surface area contributed by atoms with Crippen LogP contribution in [0.4, 0.5) is 0 Å². The maximum absolute atomic E-state index is 9.00. The minimum Gasteiger partial charge on any atom is -0.481 e. The van der Waals surface area contributed by atoms with Crippen LogP contribution in [-0.2, 0) is 4.79 Å². The van der Waals surface area contributed by atoms with E-state index in [1.165, 1.54) is 19.3 Å². The molecule has 0 aromatic heterocycles. The zero-order valence-electron chi connectivity index (χ0n) is 7.42. The highest BCUT2D eigenvalue weighted by Gasteiger charge is 2.10. The highest BCUT2D eigenvalue weighted by atomic mass is 16.4. The van der Waals surface area contributed by atoms with E-state index in [1.807, 2.05) is 0 Å². The SMILES string of the molecule is CC(=O)O.N#CC1CCCCC1. The molecule has 12 heavy (non-hydrogen) atoms. The molecule has 1 fully saturated rings. The summed E-state index contributed by atoms with van der Waals surface area (Å²) < 4.78 is 0. The van der Waals surface area contributed by atoms with E-state index in [2.05, 4.69) is 6.07 Å². The minimum atomic E-state index is -0.833. The zero-order valence-corrected chi connectivity index (χ0v) is 7.42. The molecule has 0 radical (unpaired) electrons. The molecule has 0 heterocycles. The maximum atomic E-state index is 9.00. The Hall–Kier alpha value is -1.04. The van der Waals surface area contributed by atoms with Gasteiger partial charge in [0, 0.05) is 12.8 Å². The van der Waals surface area contributed by atoms with Gasteiger partial charge in [0.1, 0.15) is 0 Å². The van der Waals surface area contributed by atoms with Crippen LogP contribution in [0.3, 0.4) is 0 Å². The van der Waals surface area contributed by atoms with Crippen LogP contribution >= 0.6 is 0 Å². The first kappa shape index (κ1) is 11.0. The number of nitriles is 1. The standard InChI is InChI=1S/C7H11N.C2H4O2/c8-6-7-4-2-1-3-5-7;1-2(3)4/h7H,1-5H2;1H3,(H,3,4). The maximum Gasteiger partial charge on any atom is 0.300 e. The highest BCUT2D eigenvalue weighted by molar-refractivity contribution is 5.62. The third-order valence-corrected chi connectivity index (χ3v) is 1.79. The average Bonchev–Trinajstić information content (AvgIpc) is 2.05. The van der Waals surface area contributed by atoms with Crippen LogP contribution < -0.4 is 0 Å². The van der Waals surface area contributed by atoms with Crippen LogP contribution in [0.15, 0.2) is 0 Å². The summed E-state index contributed by atoms with van der Waals surface area (Å²) in [5, 5.41) is 15.9. The lowest BCUT2D eigenvalue weighted by Crippen LogP contribution is -2.02. The second-order valence-electron chi connectivity index (χ2n) is 2.98. The van der Waals surface area contributed by atoms with Gasteiger partial charge < -0.3 is 5.11 Å². The summed E-state index contributed by atoms with van der Waals surface area (Å²) in [5.41, 5.74) is 0. The quantitative estimate of drug-likeness (QED) is 0.604. The van der Waals surface area contributed by atoms with E-state index in [1.54, 1.807) is 0 Å². The van der Waals surface area contributed by atoms with Gasteiger partial charge >= 0.3 is 0 Å². The minimum absolute atomic E-state index is 0.392. The van der Waals surface area contributed by atoms with Crippen molar-refractivity contribution in [3.63, 3.8) is 0 Å². The summed E-state index contributed by atoms with van der Waals surface area (Å²) in [6, 6.07) is 2.30. The van der Waals surface area contributed by atoms with Crippen molar-refractivity contribution in [1.29, 1.82) is 5.26 Å². The fourth-order valence-electron chi connectivity index (χ4n) is 1.23. The Morgan fingerprint density at radius 2 is 1.83 bits per heavy atom. The molecule has 1 rings (SSSR count). The van der Waals surface area contributed by atoms with Gasteiger partial charge in [-0.2, -0.15) is 5.26 Å². The van der Waals surface area contributed by atoms with Gasteiger partial charge in [-0.15, -0.1) is 0 Å². The molecular weight excluding hydrogens is 154 g/mol. The topological polar surface area (TPSA) is 61.1 Å². The van der Waals surface area contributed by atoms with Crippen molar-refractivity contribution in [3.8, 4) is 6.07 Å². The molecule has 0 aromatic rings. The lowest BCUT2D eigenvalue weighted by molar-refractivity contribution is -0.134. The Labute approximate surface area is 73.0 Å². The van der Waals surface area contributed by atoms with E-state index in [0.29, 0.717) is 5.92 Å². The van der Waals surface area contributed by atoms with Gasteiger partial charge in [0.05, 0.1) is 6.07 Å². The molecule has 0 unspecified atom stereocenters. The molecular formula is C9H15NO2. The van der Waals surface area contributed by atoms with Gasteiger partial charge in [-0.05, 0) is 12.8 Å². The molecule has 3 heteroatoms. The van der Waals surface area contributed by atoms with E-state index in [9.17, 15) is 0 Å². The van der Waals surface area contributed by atoms with Crippen LogP contribution in [0, 0.1) is 17.2 Å². The Morgan fingerprint density at radius 3 is 2.08 bits per heavy atom. The monoisotopic (exact) mass is 169 g/mol. The van der Waals surface area contributed by atoms with Crippen molar-refractivity contribution in [2.45, 2.75) is 39.0 Å². The van der Waals surface area contributed by atoms with Crippen molar-refractivity contribution >= 4 is 5.97 Å². The Bertz CT molecular complexity index is 162. The van der Waals surface area contributed by atoms with Gasteiger partial charge in [0.2, 0.25) is 0 Å². The molecule has 0 aromatic carbocycles. The van der Waals surface area contributed by atoms with Crippen LogP contribution in [0.25, 0.3) is 0 Å². The first-order valence-corrected chi connectivity index (χ1v) is 4.26. The van der Waals surface area contributed by atoms with Crippen LogP contribution in [-0.4, -0.2) is 11.1 Å². The number of aliphatic carboxylic acids is 1. The highest BCUT2D eigenvalue weighted by Crippen LogP contribution is 2.22. The van der Waals surface area contributed by atoms with Crippen LogP contribution in [0.2, 0.25) is 0 Å². The first-order chi connectivity index (χ1) is 5.66. The van der Waals surface area contributed by atoms with E-state index >= 15 is 0 Å². The normalized spacial score (nSPS) is 17.0. The molecule has 0 aliphatic heterocycles. The lowest BCUT2D eigenvalue weighted by Gasteiger charge is -2.13. The predicted molar refractivity (Wildman–Crippen MR) is 45.5 cm³/mol. The van der Waals surface area contributed by atoms with Gasteiger partial charge in [-0.25, -0.2) is 0 Å². The van der Waals surface area contributed by atoms with Crippen molar-refractivity contribution in [1.82, 2.24) is 0 Å². The van der Waals surface area contributed by atoms with E-state index in [0.717, 1.165) is 19.8 Å². The molecule has 1 saturated carbocycles. The number of rotatable bonds is 0. The summed E-state index contributed by atoms with van der Waals surface area (Å²) in [5.74, 6) is -0.441. The third kappa shape index (κ3) is 7.07. The number of carboxylic acids is 1. The van der Waals surface area contributed by atoms with Crippen molar-refractivity contribution in [2.75, 3.05) is 0 Å². The van der Waals surface area contributed by atoms with E-state index in [4.69, 9.17) is 15.2 Å². The second kappa shape index (κ2) is 6.66. The molecule has 1 aliphatic rings. The molecule has 0 atom stereocenters. The fourth-order valence-corrected chi connectivity index (χ4v) is 1.23. The molecule has 0 spiro atoms. The molecule has 1 N–H and O–H groups in total. The smallest absolute Gasteiger partial charge is 0.300 e. The van der Waals surface area contributed by atoms with Gasteiger partial charge in [-0.3, -0.25) is 4.79 Å². The third-order valence-electron chi connectivity index (χ3n) is 1.79. The molecule has 0 bridgehead atoms. The predicted octanol–water partition coefficient (Wildman–Crippen LogP) is 2.18. The van der Waals surface area contributed by atoms with E-state index < -0.39 is 5.97 Å². The molecule has 3 nitrogen and oxygen atoms in total. The summed E-state index contributed by atoms with van der Waals surface area (Å²) in [4.78, 5) is 9.00. The number of hydrogen-bond donors (Lipinski definition) is 1. The van der Waals surface area contributed by atoms with Crippen molar-refractivity contribution in [3.05, 3.63) is 0 Å². The summed E-state index contributed by atoms with van der Waals surface area (Å²) >= 11 is 0. The summed E-state index contributed by atoms with van der Waals surface area (Å²) in [6.07, 6.45) is 6.20. The zero-order chi connectivity index (χ0) is 9.40. The average molecular weight is 169 g/mol. The second-order valence-corrected chi connectivity index (χ2v) is 2.98. The number of carboxylic acid groups (broad SMARTS) is 1. The van der Waals surface area contributed by atoms with Gasteiger partial charge in [0.25, 0.3) is 5.97 Å². The number of carbonyl (C=O) groups is 1. The lowest BCUT2D eigenvalue weighted by atomic mass is 9.91. The van der Waals surface area contributed by atoms with Crippen molar-refractivity contribution in [2.24, 2.45) is 5.92 Å². The molecule has 0 saturated heterocycles. The summed E-state index contributed by atoms with van der Waals surface area (Å²) in [7, 11) is 0. The van der Waals surface area contributed by atoms with E-state index in [-0.39, 0.29) is 0 Å². The van der Waals surface area contributed by atoms with Gasteiger partial charge in [-0.1, -0.05) is 19.3 Å². The van der Waals surface area contributed by atoms with Crippen LogP contribution in [0.5, 0.6) is 0 Å². The molecule has 68 valence electrons. The van der Waals surface area contributed by atoms with Crippen molar-refractivity contribution < 1.29 is 9.90 Å². The van der Waals surface area contributed by atoms with Gasteiger partial charge in [0.15, 0.2) is 0 Å². The Balaban J connectivity index is 0.000000261. The number of hydrogen-bond acceptors (Lipinski definition) is 2. The molecule has 1 aliphatic carbocycles. The number of nitrogens with zero attached hydrogens (tertiary/aromatic N) is 1. The summed E-state index contributed by atoms with van der Waals surface area (Å²) in [6.45, 7) is 1.08. The fraction of sp³-hybridized carbons (Fsp3) is 0.778.